The molecule has 2 heteroatoms. The van der Waals surface area contributed by atoms with E-state index in [9.17, 15) is 0 Å². The summed E-state index contributed by atoms with van der Waals surface area (Å²) < 4.78 is 0. The molecule has 122 valence electrons. The smallest absolute Gasteiger partial charge is 0.0309 e. The monoisotopic (exact) mass is 292 g/mol. The van der Waals surface area contributed by atoms with Gasteiger partial charge in [-0.2, -0.15) is 0 Å². The Hall–Kier alpha value is -0.0800. The van der Waals surface area contributed by atoms with Crippen LogP contribution in [-0.2, 0) is 0 Å². The van der Waals surface area contributed by atoms with E-state index in [4.69, 9.17) is 0 Å². The Morgan fingerprint density at radius 2 is 1.52 bits per heavy atom. The van der Waals surface area contributed by atoms with Gasteiger partial charge in [-0.05, 0) is 31.6 Å². The summed E-state index contributed by atoms with van der Waals surface area (Å²) in [4.78, 5) is 2.97. The minimum Gasteiger partial charge on any atom is -0.308 e. The van der Waals surface area contributed by atoms with Crippen molar-refractivity contribution in [3.63, 3.8) is 0 Å². The lowest BCUT2D eigenvalue weighted by atomic mass is 9.85. The predicted molar refractivity (Wildman–Crippen MR) is 90.6 cm³/mol. The Morgan fingerprint density at radius 3 is 2.14 bits per heavy atom. The van der Waals surface area contributed by atoms with Gasteiger partial charge in [0, 0.05) is 30.7 Å². The predicted octanol–water partition coefficient (Wildman–Crippen LogP) is 4.34. The number of nitrogens with zero attached hydrogens (tertiary/aromatic N) is 1. The zero-order valence-corrected chi connectivity index (χ0v) is 14.4. The highest BCUT2D eigenvalue weighted by atomic mass is 15.3. The number of nitrogens with one attached hydrogen (secondary N) is 1. The Kier molecular flexibility index (Phi) is 5.27. The fourth-order valence-electron chi connectivity index (χ4n) is 5.13. The molecule has 0 radical (unpaired) electrons. The highest BCUT2D eigenvalue weighted by molar-refractivity contribution is 5.03. The Bertz CT molecular complexity index is 312. The average Bonchev–Trinajstić information content (AvgIpc) is 2.86. The van der Waals surface area contributed by atoms with Crippen LogP contribution in [0.3, 0.4) is 0 Å². The van der Waals surface area contributed by atoms with E-state index in [0.29, 0.717) is 5.54 Å². The van der Waals surface area contributed by atoms with Crippen LogP contribution in [0.15, 0.2) is 0 Å². The second kappa shape index (κ2) is 7.00. The maximum Gasteiger partial charge on any atom is 0.0309 e. The lowest BCUT2D eigenvalue weighted by molar-refractivity contribution is 0.0129. The minimum atomic E-state index is 0.480. The van der Waals surface area contributed by atoms with Crippen LogP contribution in [0, 0.1) is 5.92 Å². The number of hydrogen-bond acceptors (Lipinski definition) is 2. The van der Waals surface area contributed by atoms with Crippen molar-refractivity contribution in [1.82, 2.24) is 10.2 Å². The zero-order valence-electron chi connectivity index (χ0n) is 14.4. The van der Waals surface area contributed by atoms with Crippen molar-refractivity contribution < 1.29 is 0 Å². The van der Waals surface area contributed by atoms with Crippen molar-refractivity contribution >= 4 is 0 Å². The molecule has 1 heterocycles. The molecule has 0 aromatic rings. The fourth-order valence-corrected chi connectivity index (χ4v) is 5.13. The highest BCUT2D eigenvalue weighted by Crippen LogP contribution is 2.36. The first-order valence-electron chi connectivity index (χ1n) is 9.71. The maximum atomic E-state index is 3.98. The van der Waals surface area contributed by atoms with Crippen LogP contribution < -0.4 is 5.32 Å². The van der Waals surface area contributed by atoms with E-state index >= 15 is 0 Å². The lowest BCUT2D eigenvalue weighted by Gasteiger charge is -2.51. The number of hydrogen-bond donors (Lipinski definition) is 1. The molecule has 0 aromatic heterocycles. The number of rotatable bonds is 2. The lowest BCUT2D eigenvalue weighted by Crippen LogP contribution is -2.66. The van der Waals surface area contributed by atoms with Gasteiger partial charge < -0.3 is 5.32 Å². The molecule has 21 heavy (non-hydrogen) atoms. The molecule has 3 fully saturated rings. The average molecular weight is 293 g/mol. The zero-order chi connectivity index (χ0) is 14.7. The normalized spacial score (nSPS) is 32.4. The third kappa shape index (κ3) is 3.64. The molecule has 2 nitrogen and oxygen atoms in total. The minimum absolute atomic E-state index is 0.480. The van der Waals surface area contributed by atoms with E-state index in [1.165, 1.54) is 83.7 Å². The van der Waals surface area contributed by atoms with Crippen LogP contribution in [0.4, 0.5) is 0 Å². The number of piperazine rings is 1. The molecule has 2 aliphatic carbocycles. The maximum absolute atomic E-state index is 3.98. The second-order valence-corrected chi connectivity index (χ2v) is 8.35. The van der Waals surface area contributed by atoms with Gasteiger partial charge in [0.05, 0.1) is 0 Å². The first-order chi connectivity index (χ1) is 10.2. The Balaban J connectivity index is 1.72. The van der Waals surface area contributed by atoms with Crippen molar-refractivity contribution in [2.45, 2.75) is 102 Å². The summed E-state index contributed by atoms with van der Waals surface area (Å²) in [5, 5.41) is 3.98. The summed E-state index contributed by atoms with van der Waals surface area (Å²) in [6, 6.07) is 1.64. The van der Waals surface area contributed by atoms with Crippen molar-refractivity contribution in [1.29, 1.82) is 0 Å². The van der Waals surface area contributed by atoms with Gasteiger partial charge in [0.1, 0.15) is 0 Å². The molecular weight excluding hydrogens is 256 g/mol. The van der Waals surface area contributed by atoms with E-state index in [-0.39, 0.29) is 0 Å². The van der Waals surface area contributed by atoms with Crippen LogP contribution in [0.25, 0.3) is 0 Å². The highest BCUT2D eigenvalue weighted by Gasteiger charge is 2.43. The topological polar surface area (TPSA) is 15.3 Å². The molecular formula is C19H36N2. The van der Waals surface area contributed by atoms with E-state index in [0.717, 1.165) is 18.0 Å². The third-order valence-corrected chi connectivity index (χ3v) is 6.47. The van der Waals surface area contributed by atoms with E-state index < -0.39 is 0 Å². The molecule has 0 aromatic carbocycles. The largest absolute Gasteiger partial charge is 0.308 e. The van der Waals surface area contributed by atoms with Gasteiger partial charge in [0.15, 0.2) is 0 Å². The van der Waals surface area contributed by atoms with Gasteiger partial charge in [-0.1, -0.05) is 58.8 Å². The molecule has 2 saturated carbocycles. The third-order valence-electron chi connectivity index (χ3n) is 6.47. The summed E-state index contributed by atoms with van der Waals surface area (Å²) in [5.74, 6) is 0.779. The summed E-state index contributed by atoms with van der Waals surface area (Å²) in [6.07, 6.45) is 16.0. The van der Waals surface area contributed by atoms with Crippen LogP contribution in [-0.4, -0.2) is 35.6 Å². The van der Waals surface area contributed by atoms with Gasteiger partial charge in [-0.25, -0.2) is 0 Å². The molecule has 3 rings (SSSR count). The molecule has 3 aliphatic rings. The van der Waals surface area contributed by atoms with E-state index in [1.807, 2.05) is 0 Å². The summed E-state index contributed by atoms with van der Waals surface area (Å²) in [7, 11) is 0. The molecule has 1 N–H and O–H groups in total. The van der Waals surface area contributed by atoms with Crippen molar-refractivity contribution in [3.8, 4) is 0 Å². The van der Waals surface area contributed by atoms with Gasteiger partial charge in [0.2, 0.25) is 0 Å². The van der Waals surface area contributed by atoms with Gasteiger partial charge in [-0.3, -0.25) is 4.90 Å². The van der Waals surface area contributed by atoms with Gasteiger partial charge in [0.25, 0.3) is 0 Å². The van der Waals surface area contributed by atoms with Crippen LogP contribution in [0.1, 0.15) is 84.5 Å². The molecule has 1 unspecified atom stereocenters. The van der Waals surface area contributed by atoms with Crippen molar-refractivity contribution in [2.75, 3.05) is 13.1 Å². The van der Waals surface area contributed by atoms with Crippen LogP contribution >= 0.6 is 0 Å². The first-order valence-corrected chi connectivity index (χ1v) is 9.71. The molecule has 1 aliphatic heterocycles. The molecule has 0 bridgehead atoms. The Morgan fingerprint density at radius 1 is 0.905 bits per heavy atom. The van der Waals surface area contributed by atoms with E-state index in [1.54, 1.807) is 0 Å². The summed E-state index contributed by atoms with van der Waals surface area (Å²) in [6.45, 7) is 7.42. The first kappa shape index (κ1) is 15.8. The van der Waals surface area contributed by atoms with Gasteiger partial charge >= 0.3 is 0 Å². The Labute approximate surface area is 132 Å². The van der Waals surface area contributed by atoms with Crippen LogP contribution in [0.5, 0.6) is 0 Å². The molecule has 1 saturated heterocycles. The van der Waals surface area contributed by atoms with E-state index in [2.05, 4.69) is 24.1 Å². The van der Waals surface area contributed by atoms with Crippen molar-refractivity contribution in [3.05, 3.63) is 0 Å². The van der Waals surface area contributed by atoms with Crippen LogP contribution in [0.2, 0.25) is 0 Å². The molecule has 0 amide bonds. The molecule has 1 spiro atoms. The van der Waals surface area contributed by atoms with Gasteiger partial charge in [-0.15, -0.1) is 0 Å². The quantitative estimate of drug-likeness (QED) is 0.814. The second-order valence-electron chi connectivity index (χ2n) is 8.35. The fraction of sp³-hybridized carbons (Fsp3) is 1.00. The standard InChI is InChI=1S/C19H36N2/c1-16(2)18-14-20-19(12-8-9-13-19)15-21(18)17-10-6-4-3-5-7-11-17/h16-18,20H,3-15H2,1-2H3. The summed E-state index contributed by atoms with van der Waals surface area (Å²) >= 11 is 0. The SMILES string of the molecule is CC(C)C1CNC2(CCCC2)CN1C1CCCCCCC1. The van der Waals surface area contributed by atoms with Crippen molar-refractivity contribution in [2.24, 2.45) is 5.92 Å². The summed E-state index contributed by atoms with van der Waals surface area (Å²) in [5.41, 5.74) is 0.480. The molecule has 1 atom stereocenters.